The Morgan fingerprint density at radius 3 is 2.35 bits per heavy atom. The summed E-state index contributed by atoms with van der Waals surface area (Å²) in [4.78, 5) is 2.35. The van der Waals surface area contributed by atoms with Gasteiger partial charge in [-0.3, -0.25) is 0 Å². The van der Waals surface area contributed by atoms with Gasteiger partial charge in [-0.05, 0) is 17.7 Å². The van der Waals surface area contributed by atoms with Crippen molar-refractivity contribution >= 4 is 67.3 Å². The lowest BCUT2D eigenvalue weighted by Crippen LogP contribution is -2.37. The highest BCUT2D eigenvalue weighted by Gasteiger charge is 2.19. The van der Waals surface area contributed by atoms with E-state index >= 15 is 0 Å². The van der Waals surface area contributed by atoms with Gasteiger partial charge in [0.2, 0.25) is 0 Å². The molecule has 1 aromatic carbocycles. The van der Waals surface area contributed by atoms with Crippen LogP contribution in [0.5, 0.6) is 0 Å². The Morgan fingerprint density at radius 1 is 1.05 bits per heavy atom. The van der Waals surface area contributed by atoms with Crippen LogP contribution in [-0.2, 0) is 0 Å². The van der Waals surface area contributed by atoms with E-state index < -0.39 is 0 Å². The van der Waals surface area contributed by atoms with Gasteiger partial charge in [0.05, 0.1) is 5.71 Å². The summed E-state index contributed by atoms with van der Waals surface area (Å²) in [5, 5.41) is 9.90. The summed E-state index contributed by atoms with van der Waals surface area (Å²) >= 11 is 7.27. The number of hydrogen-bond acceptors (Lipinski definition) is 5. The number of nitrogens with zero attached hydrogens (tertiary/aromatic N) is 3. The minimum atomic E-state index is 0. The Kier molecular flexibility index (Phi) is 6.45. The monoisotopic (exact) mass is 435 g/mol. The second-order valence-electron chi connectivity index (χ2n) is 4.32. The molecule has 20 heavy (non-hydrogen) atoms. The van der Waals surface area contributed by atoms with Gasteiger partial charge in [-0.2, -0.15) is 16.9 Å². The predicted octanol–water partition coefficient (Wildman–Crippen LogP) is 3.88. The first-order chi connectivity index (χ1) is 9.33. The number of thioether (sulfide) groups is 2. The second-order valence-corrected chi connectivity index (χ2v) is 7.41. The highest BCUT2D eigenvalue weighted by molar-refractivity contribution is 9.10. The standard InChI is InChI=1S/C13H14BrN3S2.BrH/c14-11-3-1-10(2-4-11)12-9-19-13(16-15-12)17-5-7-18-8-6-17;/h1-4H,5-9H2;1H. The van der Waals surface area contributed by atoms with E-state index in [-0.39, 0.29) is 17.0 Å². The van der Waals surface area contributed by atoms with Crippen molar-refractivity contribution in [1.82, 2.24) is 4.90 Å². The molecule has 1 saturated heterocycles. The summed E-state index contributed by atoms with van der Waals surface area (Å²) in [5.74, 6) is 3.30. The number of amidine groups is 1. The average Bonchev–Trinajstić information content (AvgIpc) is 2.49. The molecule has 0 unspecified atom stereocenters. The average molecular weight is 437 g/mol. The van der Waals surface area contributed by atoms with Crippen LogP contribution in [0.25, 0.3) is 0 Å². The Balaban J connectivity index is 0.00000147. The highest BCUT2D eigenvalue weighted by Crippen LogP contribution is 2.21. The molecule has 7 heteroatoms. The predicted molar refractivity (Wildman–Crippen MR) is 99.8 cm³/mol. The molecule has 0 aromatic heterocycles. The first-order valence-corrected chi connectivity index (χ1v) is 9.12. The molecule has 0 amide bonds. The maximum atomic E-state index is 4.41. The molecule has 2 heterocycles. The van der Waals surface area contributed by atoms with Gasteiger partial charge in [-0.1, -0.05) is 39.8 Å². The van der Waals surface area contributed by atoms with Gasteiger partial charge in [-0.15, -0.1) is 22.1 Å². The van der Waals surface area contributed by atoms with Gasteiger partial charge in [0, 0.05) is 34.8 Å². The molecule has 3 rings (SSSR count). The SMILES string of the molecule is Br.Brc1ccc(C2=NN=C(N3CCSCC3)SC2)cc1. The van der Waals surface area contributed by atoms with Crippen LogP contribution in [0.3, 0.4) is 0 Å². The van der Waals surface area contributed by atoms with Gasteiger partial charge in [0.1, 0.15) is 0 Å². The molecule has 0 spiro atoms. The molecule has 1 aromatic rings. The van der Waals surface area contributed by atoms with Crippen LogP contribution in [0.15, 0.2) is 38.9 Å². The molecule has 1 fully saturated rings. The Hall–Kier alpha value is 0.0200. The van der Waals surface area contributed by atoms with E-state index in [4.69, 9.17) is 0 Å². The fraction of sp³-hybridized carbons (Fsp3) is 0.385. The van der Waals surface area contributed by atoms with Crippen LogP contribution in [0, 0.1) is 0 Å². The lowest BCUT2D eigenvalue weighted by molar-refractivity contribution is 0.470. The zero-order valence-electron chi connectivity index (χ0n) is 10.8. The largest absolute Gasteiger partial charge is 0.348 e. The van der Waals surface area contributed by atoms with E-state index in [1.165, 1.54) is 11.5 Å². The maximum Gasteiger partial charge on any atom is 0.186 e. The first-order valence-electron chi connectivity index (χ1n) is 6.19. The van der Waals surface area contributed by atoms with Crippen molar-refractivity contribution in [2.45, 2.75) is 0 Å². The fourth-order valence-electron chi connectivity index (χ4n) is 1.99. The van der Waals surface area contributed by atoms with Crippen LogP contribution in [-0.4, -0.2) is 46.1 Å². The third-order valence-electron chi connectivity index (χ3n) is 3.05. The Bertz CT molecular complexity index is 511. The molecular formula is C13H15Br2N3S2. The Labute approximate surface area is 146 Å². The van der Waals surface area contributed by atoms with E-state index in [2.05, 4.69) is 43.2 Å². The zero-order valence-corrected chi connectivity index (χ0v) is 15.7. The number of benzene rings is 1. The number of hydrogen-bond donors (Lipinski definition) is 0. The topological polar surface area (TPSA) is 28.0 Å². The maximum absolute atomic E-state index is 4.41. The molecule has 0 saturated carbocycles. The van der Waals surface area contributed by atoms with E-state index in [1.807, 2.05) is 23.9 Å². The smallest absolute Gasteiger partial charge is 0.186 e. The zero-order chi connectivity index (χ0) is 13.1. The molecule has 108 valence electrons. The number of halogens is 2. The van der Waals surface area contributed by atoms with Crippen molar-refractivity contribution in [2.75, 3.05) is 30.3 Å². The van der Waals surface area contributed by atoms with Gasteiger partial charge < -0.3 is 4.90 Å². The molecular weight excluding hydrogens is 422 g/mol. The normalized spacial score (nSPS) is 18.9. The molecule has 0 N–H and O–H groups in total. The van der Waals surface area contributed by atoms with E-state index in [0.29, 0.717) is 0 Å². The van der Waals surface area contributed by atoms with Gasteiger partial charge in [-0.25, -0.2) is 0 Å². The summed E-state index contributed by atoms with van der Waals surface area (Å²) in [5.41, 5.74) is 2.22. The summed E-state index contributed by atoms with van der Waals surface area (Å²) in [6, 6.07) is 8.26. The molecule has 2 aliphatic heterocycles. The molecule has 0 bridgehead atoms. The fourth-order valence-corrected chi connectivity index (χ4v) is 4.11. The molecule has 2 aliphatic rings. The quantitative estimate of drug-likeness (QED) is 0.668. The van der Waals surface area contributed by atoms with E-state index in [9.17, 15) is 0 Å². The molecule has 0 radical (unpaired) electrons. The minimum Gasteiger partial charge on any atom is -0.348 e. The van der Waals surface area contributed by atoms with Crippen molar-refractivity contribution in [1.29, 1.82) is 0 Å². The van der Waals surface area contributed by atoms with Crippen molar-refractivity contribution in [3.63, 3.8) is 0 Å². The van der Waals surface area contributed by atoms with Crippen molar-refractivity contribution in [3.05, 3.63) is 34.3 Å². The van der Waals surface area contributed by atoms with Crippen LogP contribution in [0.2, 0.25) is 0 Å². The summed E-state index contributed by atoms with van der Waals surface area (Å²) in [6.07, 6.45) is 0. The summed E-state index contributed by atoms with van der Waals surface area (Å²) in [7, 11) is 0. The van der Waals surface area contributed by atoms with Crippen LogP contribution in [0.1, 0.15) is 5.56 Å². The van der Waals surface area contributed by atoms with Crippen LogP contribution in [0.4, 0.5) is 0 Å². The van der Waals surface area contributed by atoms with E-state index in [0.717, 1.165) is 39.8 Å². The van der Waals surface area contributed by atoms with Crippen molar-refractivity contribution < 1.29 is 0 Å². The third-order valence-corrected chi connectivity index (χ3v) is 5.54. The van der Waals surface area contributed by atoms with E-state index in [1.54, 1.807) is 11.8 Å². The van der Waals surface area contributed by atoms with Crippen LogP contribution >= 0.6 is 56.4 Å². The van der Waals surface area contributed by atoms with Gasteiger partial charge in [0.25, 0.3) is 0 Å². The lowest BCUT2D eigenvalue weighted by atomic mass is 10.1. The summed E-state index contributed by atoms with van der Waals surface area (Å²) in [6.45, 7) is 2.19. The minimum absolute atomic E-state index is 0. The third kappa shape index (κ3) is 4.02. The lowest BCUT2D eigenvalue weighted by Gasteiger charge is -2.29. The molecule has 0 aliphatic carbocycles. The molecule has 3 nitrogen and oxygen atoms in total. The van der Waals surface area contributed by atoms with Gasteiger partial charge >= 0.3 is 0 Å². The van der Waals surface area contributed by atoms with Gasteiger partial charge in [0.15, 0.2) is 5.17 Å². The molecule has 0 atom stereocenters. The van der Waals surface area contributed by atoms with Crippen molar-refractivity contribution in [3.8, 4) is 0 Å². The highest BCUT2D eigenvalue weighted by atomic mass is 79.9. The second kappa shape index (κ2) is 7.87. The van der Waals surface area contributed by atoms with Crippen molar-refractivity contribution in [2.24, 2.45) is 10.2 Å². The van der Waals surface area contributed by atoms with Crippen LogP contribution < -0.4 is 0 Å². The number of rotatable bonds is 1. The summed E-state index contributed by atoms with van der Waals surface area (Å²) < 4.78 is 1.09. The Morgan fingerprint density at radius 2 is 1.75 bits per heavy atom. The first kappa shape index (κ1) is 16.4.